The van der Waals surface area contributed by atoms with Gasteiger partial charge in [-0.25, -0.2) is 4.98 Å². The number of hydrogen-bond acceptors (Lipinski definition) is 2. The summed E-state index contributed by atoms with van der Waals surface area (Å²) in [7, 11) is 0. The van der Waals surface area contributed by atoms with Gasteiger partial charge in [-0.1, -0.05) is 51.1 Å². The highest BCUT2D eigenvalue weighted by Gasteiger charge is 2.14. The molecule has 3 aromatic rings. The number of benzene rings is 2. The second-order valence-corrected chi connectivity index (χ2v) is 6.40. The van der Waals surface area contributed by atoms with Crippen LogP contribution in [-0.4, -0.2) is 15.5 Å². The number of imidazole rings is 1. The van der Waals surface area contributed by atoms with Crippen molar-refractivity contribution in [2.45, 2.75) is 46.1 Å². The first kappa shape index (κ1) is 17.2. The molecule has 1 heterocycles. The number of fused-ring (bicyclic) bond motifs is 1. The zero-order chi connectivity index (χ0) is 17.8. The van der Waals surface area contributed by atoms with Crippen LogP contribution in [0.5, 0.6) is 0 Å². The number of nitrogens with zero attached hydrogens (tertiary/aromatic N) is 2. The number of carbonyl (C=O) groups excluding carboxylic acids is 1. The summed E-state index contributed by atoms with van der Waals surface area (Å²) >= 11 is 0. The molecular formula is C21H25N3O. The summed E-state index contributed by atoms with van der Waals surface area (Å²) in [4.78, 5) is 17.3. The van der Waals surface area contributed by atoms with Gasteiger partial charge < -0.3 is 9.88 Å². The number of anilines is 1. The molecule has 0 saturated heterocycles. The zero-order valence-electron chi connectivity index (χ0n) is 15.1. The summed E-state index contributed by atoms with van der Waals surface area (Å²) in [6.07, 6.45) is 1.84. The molecule has 4 heteroatoms. The minimum absolute atomic E-state index is 0.0198. The molecule has 0 aliphatic rings. The Balaban J connectivity index is 1.85. The molecule has 0 unspecified atom stereocenters. The lowest BCUT2D eigenvalue weighted by Crippen LogP contribution is -2.21. The fourth-order valence-electron chi connectivity index (χ4n) is 3.17. The molecule has 0 aliphatic carbocycles. The summed E-state index contributed by atoms with van der Waals surface area (Å²) in [5, 5.41) is 3.09. The van der Waals surface area contributed by atoms with Gasteiger partial charge in [0, 0.05) is 12.1 Å². The smallest absolute Gasteiger partial charge is 0.244 e. The van der Waals surface area contributed by atoms with E-state index in [-0.39, 0.29) is 12.5 Å². The Labute approximate surface area is 148 Å². The first-order valence-electron chi connectivity index (χ1n) is 8.97. The summed E-state index contributed by atoms with van der Waals surface area (Å²) in [5.74, 6) is 1.33. The molecule has 0 aliphatic heterocycles. The van der Waals surface area contributed by atoms with Gasteiger partial charge in [0.25, 0.3) is 0 Å². The molecule has 130 valence electrons. The van der Waals surface area contributed by atoms with Crippen LogP contribution < -0.4 is 5.32 Å². The maximum absolute atomic E-state index is 12.7. The average molecular weight is 335 g/mol. The monoisotopic (exact) mass is 335 g/mol. The molecule has 1 atom stereocenters. The number of para-hydroxylation sites is 3. The maximum atomic E-state index is 12.7. The molecule has 2 aromatic carbocycles. The van der Waals surface area contributed by atoms with Crippen molar-refractivity contribution in [3.05, 3.63) is 59.9 Å². The van der Waals surface area contributed by atoms with Crippen molar-refractivity contribution in [1.29, 1.82) is 0 Å². The van der Waals surface area contributed by atoms with Gasteiger partial charge in [0.2, 0.25) is 5.91 Å². The fourth-order valence-corrected chi connectivity index (χ4v) is 3.17. The second-order valence-electron chi connectivity index (χ2n) is 6.40. The van der Waals surface area contributed by atoms with Crippen LogP contribution in [0, 0.1) is 0 Å². The lowest BCUT2D eigenvalue weighted by molar-refractivity contribution is -0.116. The van der Waals surface area contributed by atoms with E-state index in [0.717, 1.165) is 35.4 Å². The van der Waals surface area contributed by atoms with Gasteiger partial charge in [0.1, 0.15) is 12.4 Å². The fraction of sp³-hybridized carbons (Fsp3) is 0.333. The number of nitrogens with one attached hydrogen (secondary N) is 1. The number of rotatable bonds is 6. The lowest BCUT2D eigenvalue weighted by atomic mass is 9.97. The minimum Gasteiger partial charge on any atom is -0.324 e. The van der Waals surface area contributed by atoms with Crippen molar-refractivity contribution in [2.75, 3.05) is 5.32 Å². The van der Waals surface area contributed by atoms with Gasteiger partial charge in [-0.15, -0.1) is 0 Å². The Morgan fingerprint density at radius 2 is 1.84 bits per heavy atom. The van der Waals surface area contributed by atoms with Crippen LogP contribution >= 0.6 is 0 Å². The number of amides is 1. The van der Waals surface area contributed by atoms with Crippen LogP contribution in [0.25, 0.3) is 11.0 Å². The van der Waals surface area contributed by atoms with Crippen molar-refractivity contribution in [3.63, 3.8) is 0 Å². The van der Waals surface area contributed by atoms with Crippen LogP contribution in [0.4, 0.5) is 5.69 Å². The summed E-state index contributed by atoms with van der Waals surface area (Å²) in [6.45, 7) is 6.68. The third-order valence-corrected chi connectivity index (χ3v) is 4.73. The van der Waals surface area contributed by atoms with E-state index in [1.807, 2.05) is 47.0 Å². The summed E-state index contributed by atoms with van der Waals surface area (Å²) < 4.78 is 2.01. The molecule has 1 amide bonds. The van der Waals surface area contributed by atoms with Gasteiger partial charge >= 0.3 is 0 Å². The number of hydrogen-bond donors (Lipinski definition) is 1. The molecule has 1 N–H and O–H groups in total. The van der Waals surface area contributed by atoms with Crippen LogP contribution in [-0.2, 0) is 17.8 Å². The second kappa shape index (κ2) is 7.51. The van der Waals surface area contributed by atoms with Crippen molar-refractivity contribution in [2.24, 2.45) is 0 Å². The lowest BCUT2D eigenvalue weighted by Gasteiger charge is -2.16. The van der Waals surface area contributed by atoms with Crippen LogP contribution in [0.3, 0.4) is 0 Å². The van der Waals surface area contributed by atoms with Crippen LogP contribution in [0.2, 0.25) is 0 Å². The topological polar surface area (TPSA) is 46.9 Å². The third-order valence-electron chi connectivity index (χ3n) is 4.73. The van der Waals surface area contributed by atoms with Gasteiger partial charge in [-0.2, -0.15) is 0 Å². The first-order chi connectivity index (χ1) is 12.1. The normalized spacial score (nSPS) is 12.3. The van der Waals surface area contributed by atoms with Crippen LogP contribution in [0.1, 0.15) is 44.5 Å². The maximum Gasteiger partial charge on any atom is 0.244 e. The standard InChI is InChI=1S/C21H25N3O/c1-4-15(3)16-10-6-7-11-17(16)23-21(25)14-24-19-13-9-8-12-18(19)22-20(24)5-2/h6-13,15H,4-5,14H2,1-3H3,(H,23,25)/t15-/m1/s1. The van der Waals surface area contributed by atoms with Crippen molar-refractivity contribution < 1.29 is 4.79 Å². The Morgan fingerprint density at radius 1 is 1.12 bits per heavy atom. The zero-order valence-corrected chi connectivity index (χ0v) is 15.1. The van der Waals surface area contributed by atoms with E-state index in [1.54, 1.807) is 0 Å². The van der Waals surface area contributed by atoms with E-state index in [9.17, 15) is 4.79 Å². The van der Waals surface area contributed by atoms with Gasteiger partial charge in [-0.05, 0) is 36.1 Å². The summed E-state index contributed by atoms with van der Waals surface area (Å²) in [6, 6.07) is 16.0. The summed E-state index contributed by atoms with van der Waals surface area (Å²) in [5.41, 5.74) is 4.03. The van der Waals surface area contributed by atoms with E-state index in [2.05, 4.69) is 37.1 Å². The number of carbonyl (C=O) groups is 1. The largest absolute Gasteiger partial charge is 0.324 e. The molecule has 0 saturated carbocycles. The molecule has 0 bridgehead atoms. The Hall–Kier alpha value is -2.62. The Bertz CT molecular complexity index is 882. The first-order valence-corrected chi connectivity index (χ1v) is 8.97. The average Bonchev–Trinajstić information content (AvgIpc) is 2.99. The minimum atomic E-state index is -0.0198. The molecule has 0 fully saturated rings. The highest BCUT2D eigenvalue weighted by molar-refractivity contribution is 5.92. The predicted molar refractivity (Wildman–Crippen MR) is 103 cm³/mol. The third kappa shape index (κ3) is 3.58. The number of aryl methyl sites for hydroxylation is 1. The highest BCUT2D eigenvalue weighted by Crippen LogP contribution is 2.26. The SMILES string of the molecule is CCc1nc2ccccc2n1CC(=O)Nc1ccccc1[C@H](C)CC. The molecule has 3 rings (SSSR count). The molecular weight excluding hydrogens is 310 g/mol. The Kier molecular flexibility index (Phi) is 5.17. The van der Waals surface area contributed by atoms with Gasteiger partial charge in [0.15, 0.2) is 0 Å². The van der Waals surface area contributed by atoms with E-state index >= 15 is 0 Å². The molecule has 0 spiro atoms. The Morgan fingerprint density at radius 3 is 2.60 bits per heavy atom. The molecule has 25 heavy (non-hydrogen) atoms. The van der Waals surface area contributed by atoms with E-state index < -0.39 is 0 Å². The van der Waals surface area contributed by atoms with E-state index in [1.165, 1.54) is 5.56 Å². The predicted octanol–water partition coefficient (Wildman–Crippen LogP) is 4.75. The van der Waals surface area contributed by atoms with Gasteiger partial charge in [-0.3, -0.25) is 4.79 Å². The number of aromatic nitrogens is 2. The van der Waals surface area contributed by atoms with E-state index in [4.69, 9.17) is 0 Å². The quantitative estimate of drug-likeness (QED) is 0.706. The van der Waals surface area contributed by atoms with Gasteiger partial charge in [0.05, 0.1) is 11.0 Å². The molecule has 1 aromatic heterocycles. The highest BCUT2D eigenvalue weighted by atomic mass is 16.1. The van der Waals surface area contributed by atoms with E-state index in [0.29, 0.717) is 5.92 Å². The van der Waals surface area contributed by atoms with Crippen molar-refractivity contribution in [3.8, 4) is 0 Å². The molecule has 0 radical (unpaired) electrons. The van der Waals surface area contributed by atoms with Crippen molar-refractivity contribution in [1.82, 2.24) is 9.55 Å². The van der Waals surface area contributed by atoms with Crippen LogP contribution in [0.15, 0.2) is 48.5 Å². The molecule has 4 nitrogen and oxygen atoms in total. The van der Waals surface area contributed by atoms with Crippen molar-refractivity contribution >= 4 is 22.6 Å².